The SMILES string of the molecule is O=C(Nc1ccc(Br)cn1)c1cn[nH]n1. The van der Waals surface area contributed by atoms with Gasteiger partial charge < -0.3 is 5.32 Å². The smallest absolute Gasteiger partial charge is 0.278 e. The number of H-pyrrole nitrogens is 1. The normalized spacial score (nSPS) is 9.93. The van der Waals surface area contributed by atoms with E-state index in [0.717, 1.165) is 4.47 Å². The molecule has 6 nitrogen and oxygen atoms in total. The Kier molecular flexibility index (Phi) is 2.72. The molecule has 0 radical (unpaired) electrons. The first-order chi connectivity index (χ1) is 7.25. The number of aromatic amines is 1. The van der Waals surface area contributed by atoms with Crippen LogP contribution >= 0.6 is 15.9 Å². The number of rotatable bonds is 2. The van der Waals surface area contributed by atoms with E-state index in [1.54, 1.807) is 18.3 Å². The van der Waals surface area contributed by atoms with E-state index < -0.39 is 0 Å². The van der Waals surface area contributed by atoms with Crippen molar-refractivity contribution in [2.75, 3.05) is 5.32 Å². The van der Waals surface area contributed by atoms with Gasteiger partial charge in [-0.1, -0.05) is 0 Å². The zero-order valence-corrected chi connectivity index (χ0v) is 9.02. The molecule has 0 aliphatic carbocycles. The van der Waals surface area contributed by atoms with E-state index in [1.807, 2.05) is 0 Å². The van der Waals surface area contributed by atoms with Crippen LogP contribution in [0, 0.1) is 0 Å². The largest absolute Gasteiger partial charge is 0.305 e. The molecule has 0 unspecified atom stereocenters. The fourth-order valence-electron chi connectivity index (χ4n) is 0.941. The number of nitrogens with zero attached hydrogens (tertiary/aromatic N) is 3. The second kappa shape index (κ2) is 4.18. The van der Waals surface area contributed by atoms with Crippen LogP contribution in [-0.2, 0) is 0 Å². The lowest BCUT2D eigenvalue weighted by molar-refractivity contribution is 0.102. The highest BCUT2D eigenvalue weighted by Gasteiger charge is 2.08. The van der Waals surface area contributed by atoms with Gasteiger partial charge in [-0.3, -0.25) is 4.79 Å². The average Bonchev–Trinajstić information content (AvgIpc) is 2.74. The monoisotopic (exact) mass is 267 g/mol. The van der Waals surface area contributed by atoms with Gasteiger partial charge in [0.1, 0.15) is 5.82 Å². The van der Waals surface area contributed by atoms with Gasteiger partial charge >= 0.3 is 0 Å². The lowest BCUT2D eigenvalue weighted by atomic mass is 10.4. The fourth-order valence-corrected chi connectivity index (χ4v) is 1.18. The van der Waals surface area contributed by atoms with Crippen LogP contribution in [0.5, 0.6) is 0 Å². The van der Waals surface area contributed by atoms with Crippen LogP contribution in [0.25, 0.3) is 0 Å². The van der Waals surface area contributed by atoms with Crippen molar-refractivity contribution in [2.45, 2.75) is 0 Å². The van der Waals surface area contributed by atoms with E-state index >= 15 is 0 Å². The van der Waals surface area contributed by atoms with E-state index in [4.69, 9.17) is 0 Å². The van der Waals surface area contributed by atoms with E-state index in [9.17, 15) is 4.79 Å². The lowest BCUT2D eigenvalue weighted by Crippen LogP contribution is -2.13. The van der Waals surface area contributed by atoms with Crippen molar-refractivity contribution in [2.24, 2.45) is 0 Å². The minimum atomic E-state index is -0.349. The molecule has 0 saturated carbocycles. The Bertz CT molecular complexity index is 452. The Morgan fingerprint density at radius 3 is 2.87 bits per heavy atom. The first kappa shape index (κ1) is 9.78. The molecular weight excluding hydrogens is 262 g/mol. The second-order valence-electron chi connectivity index (χ2n) is 2.67. The van der Waals surface area contributed by atoms with E-state index in [0.29, 0.717) is 5.82 Å². The number of hydrogen-bond donors (Lipinski definition) is 2. The van der Waals surface area contributed by atoms with Crippen LogP contribution in [-0.4, -0.2) is 26.3 Å². The molecule has 2 aromatic rings. The van der Waals surface area contributed by atoms with Crippen LogP contribution in [0.15, 0.2) is 29.0 Å². The van der Waals surface area contributed by atoms with Crippen molar-refractivity contribution in [3.8, 4) is 0 Å². The summed E-state index contributed by atoms with van der Waals surface area (Å²) in [5.74, 6) is 0.116. The minimum absolute atomic E-state index is 0.222. The van der Waals surface area contributed by atoms with Crippen LogP contribution in [0.3, 0.4) is 0 Å². The number of amides is 1. The molecule has 15 heavy (non-hydrogen) atoms. The molecule has 2 aromatic heterocycles. The quantitative estimate of drug-likeness (QED) is 0.857. The Labute approximate surface area is 93.2 Å². The van der Waals surface area contributed by atoms with Gasteiger partial charge in [0.2, 0.25) is 0 Å². The highest BCUT2D eigenvalue weighted by molar-refractivity contribution is 9.10. The zero-order valence-electron chi connectivity index (χ0n) is 7.44. The molecule has 76 valence electrons. The highest BCUT2D eigenvalue weighted by Crippen LogP contribution is 2.10. The molecule has 0 aromatic carbocycles. The Morgan fingerprint density at radius 2 is 2.27 bits per heavy atom. The number of carbonyl (C=O) groups is 1. The van der Waals surface area contributed by atoms with Crippen molar-refractivity contribution in [1.82, 2.24) is 20.4 Å². The summed E-state index contributed by atoms with van der Waals surface area (Å²) in [5, 5.41) is 12.1. The molecule has 0 aliphatic rings. The Balaban J connectivity index is 2.09. The van der Waals surface area contributed by atoms with Crippen molar-refractivity contribution < 1.29 is 4.79 Å². The summed E-state index contributed by atoms with van der Waals surface area (Å²) in [7, 11) is 0. The van der Waals surface area contributed by atoms with Gasteiger partial charge in [-0.2, -0.15) is 15.4 Å². The second-order valence-corrected chi connectivity index (χ2v) is 3.59. The molecule has 0 fully saturated rings. The standard InChI is InChI=1S/C8H6BrN5O/c9-5-1-2-7(10-3-5)12-8(15)6-4-11-14-13-6/h1-4H,(H,10,12,15)(H,11,13,14). The first-order valence-corrected chi connectivity index (χ1v) is 4.83. The zero-order chi connectivity index (χ0) is 10.7. The van der Waals surface area contributed by atoms with Gasteiger partial charge in [0.25, 0.3) is 5.91 Å². The summed E-state index contributed by atoms with van der Waals surface area (Å²) in [4.78, 5) is 15.5. The van der Waals surface area contributed by atoms with E-state index in [-0.39, 0.29) is 11.6 Å². The molecule has 1 amide bonds. The first-order valence-electron chi connectivity index (χ1n) is 4.04. The maximum absolute atomic E-state index is 11.5. The molecule has 2 N–H and O–H groups in total. The molecule has 0 atom stereocenters. The number of carbonyl (C=O) groups excluding carboxylic acids is 1. The lowest BCUT2D eigenvalue weighted by Gasteiger charge is -2.00. The van der Waals surface area contributed by atoms with Gasteiger partial charge in [0.05, 0.1) is 6.20 Å². The Morgan fingerprint density at radius 1 is 1.40 bits per heavy atom. The average molecular weight is 268 g/mol. The third-order valence-electron chi connectivity index (χ3n) is 1.62. The molecule has 0 aliphatic heterocycles. The fraction of sp³-hybridized carbons (Fsp3) is 0. The van der Waals surface area contributed by atoms with Gasteiger partial charge in [-0.25, -0.2) is 4.98 Å². The third kappa shape index (κ3) is 2.38. The maximum Gasteiger partial charge on any atom is 0.278 e. The molecule has 2 heterocycles. The summed E-state index contributed by atoms with van der Waals surface area (Å²) in [6, 6.07) is 3.47. The third-order valence-corrected chi connectivity index (χ3v) is 2.09. The van der Waals surface area contributed by atoms with Crippen molar-refractivity contribution in [1.29, 1.82) is 0 Å². The topological polar surface area (TPSA) is 83.6 Å². The van der Waals surface area contributed by atoms with Crippen molar-refractivity contribution in [3.05, 3.63) is 34.7 Å². The van der Waals surface area contributed by atoms with Crippen LogP contribution < -0.4 is 5.32 Å². The van der Waals surface area contributed by atoms with Gasteiger partial charge in [0, 0.05) is 10.7 Å². The predicted octanol–water partition coefficient (Wildman–Crippen LogP) is 1.21. The van der Waals surface area contributed by atoms with Gasteiger partial charge in [-0.05, 0) is 28.1 Å². The van der Waals surface area contributed by atoms with Crippen molar-refractivity contribution >= 4 is 27.7 Å². The van der Waals surface area contributed by atoms with Gasteiger partial charge in [-0.15, -0.1) is 0 Å². The summed E-state index contributed by atoms with van der Waals surface area (Å²) in [5.41, 5.74) is 0.222. The molecule has 0 bridgehead atoms. The number of pyridine rings is 1. The minimum Gasteiger partial charge on any atom is -0.305 e. The van der Waals surface area contributed by atoms with Gasteiger partial charge in [0.15, 0.2) is 5.69 Å². The molecule has 0 saturated heterocycles. The molecule has 2 rings (SSSR count). The van der Waals surface area contributed by atoms with E-state index in [2.05, 4.69) is 41.6 Å². The van der Waals surface area contributed by atoms with Crippen LogP contribution in [0.1, 0.15) is 10.5 Å². The Hall–Kier alpha value is -1.76. The summed E-state index contributed by atoms with van der Waals surface area (Å²) >= 11 is 3.25. The number of anilines is 1. The van der Waals surface area contributed by atoms with Crippen LogP contribution in [0.4, 0.5) is 5.82 Å². The summed E-state index contributed by atoms with van der Waals surface area (Å²) in [6.07, 6.45) is 2.94. The molecule has 7 heteroatoms. The van der Waals surface area contributed by atoms with Crippen molar-refractivity contribution in [3.63, 3.8) is 0 Å². The molecule has 0 spiro atoms. The predicted molar refractivity (Wildman–Crippen MR) is 56.3 cm³/mol. The number of halogens is 1. The maximum atomic E-state index is 11.5. The van der Waals surface area contributed by atoms with E-state index in [1.165, 1.54) is 6.20 Å². The van der Waals surface area contributed by atoms with Crippen LogP contribution in [0.2, 0.25) is 0 Å². The number of aromatic nitrogens is 4. The number of nitrogens with one attached hydrogen (secondary N) is 2. The highest BCUT2D eigenvalue weighted by atomic mass is 79.9. The summed E-state index contributed by atoms with van der Waals surface area (Å²) < 4.78 is 0.849. The molecular formula is C8H6BrN5O. The number of hydrogen-bond acceptors (Lipinski definition) is 4. The summed E-state index contributed by atoms with van der Waals surface area (Å²) in [6.45, 7) is 0.